The Morgan fingerprint density at radius 2 is 2.07 bits per heavy atom. The zero-order chi connectivity index (χ0) is 20.9. The van der Waals surface area contributed by atoms with Crippen molar-refractivity contribution in [3.8, 4) is 5.95 Å². The molecule has 30 heavy (non-hydrogen) atoms. The minimum Gasteiger partial charge on any atom is -0.377 e. The highest BCUT2D eigenvalue weighted by molar-refractivity contribution is 7.92. The molecular formula is C21H25N5O3S. The van der Waals surface area contributed by atoms with E-state index >= 15 is 0 Å². The van der Waals surface area contributed by atoms with Crippen molar-refractivity contribution in [3.63, 3.8) is 0 Å². The Labute approximate surface area is 175 Å². The monoisotopic (exact) mass is 427 g/mol. The number of hydrogen-bond acceptors (Lipinski definition) is 7. The smallest absolute Gasteiger partial charge is 0.237 e. The quantitative estimate of drug-likeness (QED) is 0.634. The molecule has 2 aliphatic heterocycles. The van der Waals surface area contributed by atoms with Crippen molar-refractivity contribution < 1.29 is 13.2 Å². The minimum atomic E-state index is -3.29. The van der Waals surface area contributed by atoms with Crippen molar-refractivity contribution >= 4 is 26.7 Å². The Balaban J connectivity index is 1.72. The van der Waals surface area contributed by atoms with Crippen LogP contribution in [0.25, 0.3) is 17.0 Å². The number of anilines is 1. The van der Waals surface area contributed by atoms with Crippen molar-refractivity contribution in [1.82, 2.24) is 19.5 Å². The topological polar surface area (TPSA) is 90.2 Å². The van der Waals surface area contributed by atoms with Gasteiger partial charge in [0.15, 0.2) is 9.84 Å². The first kappa shape index (κ1) is 19.4. The number of nitrogens with zero attached hydrogens (tertiary/aromatic N) is 5. The lowest BCUT2D eigenvalue weighted by molar-refractivity contribution is 0.0985. The Hall–Kier alpha value is -2.52. The molecule has 0 aliphatic carbocycles. The normalized spacial score (nSPS) is 26.3. The van der Waals surface area contributed by atoms with E-state index in [9.17, 15) is 8.42 Å². The molecular weight excluding hydrogens is 402 g/mol. The molecule has 2 atom stereocenters. The van der Waals surface area contributed by atoms with Crippen LogP contribution >= 0.6 is 0 Å². The van der Waals surface area contributed by atoms with E-state index in [1.807, 2.05) is 34.9 Å². The van der Waals surface area contributed by atoms with Crippen LogP contribution in [0.5, 0.6) is 0 Å². The molecule has 0 amide bonds. The molecule has 158 valence electrons. The van der Waals surface area contributed by atoms with E-state index < -0.39 is 14.6 Å². The largest absolute Gasteiger partial charge is 0.377 e. The van der Waals surface area contributed by atoms with E-state index in [1.54, 1.807) is 13.3 Å². The van der Waals surface area contributed by atoms with Crippen LogP contribution < -0.4 is 4.90 Å². The predicted octanol–water partition coefficient (Wildman–Crippen LogP) is 2.46. The summed E-state index contributed by atoms with van der Waals surface area (Å²) in [6.45, 7) is 5.80. The number of fused-ring (bicyclic) bond motifs is 1. The van der Waals surface area contributed by atoms with Crippen LogP contribution in [0.1, 0.15) is 32.4 Å². The van der Waals surface area contributed by atoms with Gasteiger partial charge in [0, 0.05) is 12.6 Å². The molecule has 9 heteroatoms. The molecule has 2 fully saturated rings. The van der Waals surface area contributed by atoms with Gasteiger partial charge >= 0.3 is 0 Å². The summed E-state index contributed by atoms with van der Waals surface area (Å²) >= 11 is 0. The second kappa shape index (κ2) is 7.02. The van der Waals surface area contributed by atoms with Gasteiger partial charge < -0.3 is 9.64 Å². The van der Waals surface area contributed by atoms with Crippen LogP contribution in [-0.4, -0.2) is 59.5 Å². The number of rotatable bonds is 3. The van der Waals surface area contributed by atoms with Crippen LogP contribution in [0.4, 0.5) is 5.82 Å². The van der Waals surface area contributed by atoms with Gasteiger partial charge in [0.1, 0.15) is 16.9 Å². The maximum absolute atomic E-state index is 12.9. The molecule has 2 aromatic heterocycles. The lowest BCUT2D eigenvalue weighted by Gasteiger charge is -2.35. The summed E-state index contributed by atoms with van der Waals surface area (Å²) in [5.41, 5.74) is 2.28. The molecule has 8 nitrogen and oxygen atoms in total. The Kier molecular flexibility index (Phi) is 4.55. The van der Waals surface area contributed by atoms with Gasteiger partial charge in [0.2, 0.25) is 5.95 Å². The van der Waals surface area contributed by atoms with Crippen LogP contribution in [0.3, 0.4) is 0 Å². The third-order valence-corrected chi connectivity index (χ3v) is 8.94. The first-order valence-electron chi connectivity index (χ1n) is 10.3. The van der Waals surface area contributed by atoms with E-state index in [2.05, 4.69) is 16.8 Å². The Bertz CT molecular complexity index is 1210. The summed E-state index contributed by atoms with van der Waals surface area (Å²) in [5, 5.41) is 0. The maximum atomic E-state index is 12.9. The van der Waals surface area contributed by atoms with Gasteiger partial charge in [-0.2, -0.15) is 4.98 Å². The molecule has 5 rings (SSSR count). The SMILES string of the molecule is C[C@@H]1COCCN1c1cc([C@]2(C)CCCS2(=O)=O)nc(-n2cnc3ccccc32)n1. The van der Waals surface area contributed by atoms with E-state index in [4.69, 9.17) is 14.7 Å². The van der Waals surface area contributed by atoms with Gasteiger partial charge in [-0.15, -0.1) is 0 Å². The summed E-state index contributed by atoms with van der Waals surface area (Å²) in [6.07, 6.45) is 2.91. The van der Waals surface area contributed by atoms with Crippen molar-refractivity contribution in [2.45, 2.75) is 37.5 Å². The van der Waals surface area contributed by atoms with Crippen LogP contribution in [0, 0.1) is 0 Å². The second-order valence-electron chi connectivity index (χ2n) is 8.29. The highest BCUT2D eigenvalue weighted by atomic mass is 32.2. The molecule has 3 aromatic rings. The van der Waals surface area contributed by atoms with Gasteiger partial charge in [-0.05, 0) is 38.8 Å². The molecule has 0 radical (unpaired) electrons. The first-order valence-corrected chi connectivity index (χ1v) is 11.9. The van der Waals surface area contributed by atoms with E-state index in [0.717, 1.165) is 16.9 Å². The fourth-order valence-electron chi connectivity index (χ4n) is 4.40. The lowest BCUT2D eigenvalue weighted by atomic mass is 10.0. The first-order chi connectivity index (χ1) is 14.4. The molecule has 0 saturated carbocycles. The van der Waals surface area contributed by atoms with Gasteiger partial charge in [0.25, 0.3) is 0 Å². The maximum Gasteiger partial charge on any atom is 0.237 e. The van der Waals surface area contributed by atoms with Gasteiger partial charge in [-0.1, -0.05) is 12.1 Å². The fraction of sp³-hybridized carbons (Fsp3) is 0.476. The molecule has 4 heterocycles. The summed E-state index contributed by atoms with van der Waals surface area (Å²) < 4.78 is 32.3. The third-order valence-electron chi connectivity index (χ3n) is 6.33. The predicted molar refractivity (Wildman–Crippen MR) is 115 cm³/mol. The van der Waals surface area contributed by atoms with E-state index in [1.165, 1.54) is 0 Å². The summed E-state index contributed by atoms with van der Waals surface area (Å²) in [5.74, 6) is 1.37. The summed E-state index contributed by atoms with van der Waals surface area (Å²) in [4.78, 5) is 16.2. The van der Waals surface area contributed by atoms with Crippen LogP contribution in [-0.2, 0) is 19.3 Å². The fourth-order valence-corrected chi connectivity index (χ4v) is 6.25. The van der Waals surface area contributed by atoms with E-state index in [-0.39, 0.29) is 11.8 Å². The standard InChI is InChI=1S/C21H25N5O3S/c1-15-13-29-10-9-25(15)19-12-18(21(2)8-5-11-30(21,27)28)23-20(24-19)26-14-22-16-6-3-4-7-17(16)26/h3-4,6-7,12,14-15H,5,8-11,13H2,1-2H3/t15-,21+/m1/s1. The molecule has 0 bridgehead atoms. The van der Waals surface area contributed by atoms with E-state index in [0.29, 0.717) is 44.2 Å². The summed E-state index contributed by atoms with van der Waals surface area (Å²) in [6, 6.07) is 9.77. The second-order valence-corrected chi connectivity index (χ2v) is 10.8. The number of ether oxygens (including phenoxy) is 1. The van der Waals surface area contributed by atoms with Crippen molar-refractivity contribution in [2.24, 2.45) is 0 Å². The minimum absolute atomic E-state index is 0.141. The Morgan fingerprint density at radius 1 is 1.23 bits per heavy atom. The molecule has 1 aromatic carbocycles. The summed E-state index contributed by atoms with van der Waals surface area (Å²) in [7, 11) is -3.29. The highest BCUT2D eigenvalue weighted by Crippen LogP contribution is 2.41. The van der Waals surface area contributed by atoms with Gasteiger partial charge in [0.05, 0.1) is 41.7 Å². The molecule has 0 N–H and O–H groups in total. The zero-order valence-electron chi connectivity index (χ0n) is 17.2. The van der Waals surface area contributed by atoms with Crippen molar-refractivity contribution in [3.05, 3.63) is 42.4 Å². The number of morpholine rings is 1. The number of aromatic nitrogens is 4. The van der Waals surface area contributed by atoms with Gasteiger partial charge in [-0.25, -0.2) is 18.4 Å². The number of hydrogen-bond donors (Lipinski definition) is 0. The number of imidazole rings is 1. The molecule has 0 spiro atoms. The third kappa shape index (κ3) is 2.99. The van der Waals surface area contributed by atoms with Crippen molar-refractivity contribution in [2.75, 3.05) is 30.4 Å². The molecule has 0 unspecified atom stereocenters. The number of benzene rings is 1. The average molecular weight is 428 g/mol. The number of sulfone groups is 1. The average Bonchev–Trinajstić information content (AvgIpc) is 3.29. The molecule has 2 aliphatic rings. The lowest BCUT2D eigenvalue weighted by Crippen LogP contribution is -2.44. The number of para-hydroxylation sites is 2. The zero-order valence-corrected chi connectivity index (χ0v) is 18.0. The van der Waals surface area contributed by atoms with Crippen molar-refractivity contribution in [1.29, 1.82) is 0 Å². The Morgan fingerprint density at radius 3 is 2.83 bits per heavy atom. The molecule has 2 saturated heterocycles. The highest BCUT2D eigenvalue weighted by Gasteiger charge is 2.47. The van der Waals surface area contributed by atoms with Crippen LogP contribution in [0.2, 0.25) is 0 Å². The van der Waals surface area contributed by atoms with Crippen LogP contribution in [0.15, 0.2) is 36.7 Å². The van der Waals surface area contributed by atoms with Gasteiger partial charge in [-0.3, -0.25) is 4.57 Å².